The standard InChI is InChI=1S/C62H40/c1-4-16-42(17-5-1)57-36-46-22-10-11-23-47(46)37-58(57)50-33-35-55-54-34-32-48(38-59(54)61(44-18-6-2-7-19-44)62(60(55)40-50)45-20-8-3-9-21-45)41-28-30-43(31-29-41)56-39-49-24-12-13-25-51(49)52-26-14-15-27-53(52)56/h1-40H. The summed E-state index contributed by atoms with van der Waals surface area (Å²) in [5.74, 6) is 0. The van der Waals surface area contributed by atoms with E-state index in [1.54, 1.807) is 0 Å². The molecule has 0 aromatic heterocycles. The van der Waals surface area contributed by atoms with Gasteiger partial charge in [0.05, 0.1) is 0 Å². The number of hydrogen-bond acceptors (Lipinski definition) is 0. The molecule has 0 saturated carbocycles. The van der Waals surface area contributed by atoms with Gasteiger partial charge in [-0.05, 0) is 151 Å². The van der Waals surface area contributed by atoms with E-state index in [0.29, 0.717) is 0 Å². The summed E-state index contributed by atoms with van der Waals surface area (Å²) < 4.78 is 0. The third kappa shape index (κ3) is 6.08. The van der Waals surface area contributed by atoms with Gasteiger partial charge in [0.25, 0.3) is 0 Å². The van der Waals surface area contributed by atoms with E-state index in [4.69, 9.17) is 0 Å². The molecule has 0 bridgehead atoms. The van der Waals surface area contributed by atoms with E-state index in [0.717, 1.165) is 0 Å². The maximum Gasteiger partial charge on any atom is -0.00201 e. The van der Waals surface area contributed by atoms with Crippen LogP contribution in [0.3, 0.4) is 0 Å². The minimum atomic E-state index is 1.20. The maximum atomic E-state index is 2.45. The van der Waals surface area contributed by atoms with Crippen molar-refractivity contribution in [2.75, 3.05) is 0 Å². The van der Waals surface area contributed by atoms with E-state index in [-0.39, 0.29) is 0 Å². The average Bonchev–Trinajstić information content (AvgIpc) is 3.35. The molecule has 0 aliphatic rings. The first-order valence-electron chi connectivity index (χ1n) is 21.5. The van der Waals surface area contributed by atoms with Gasteiger partial charge in [-0.2, -0.15) is 0 Å². The molecule has 0 unspecified atom stereocenters. The normalized spacial score (nSPS) is 11.5. The van der Waals surface area contributed by atoms with Crippen molar-refractivity contribution in [3.8, 4) is 66.8 Å². The zero-order valence-corrected chi connectivity index (χ0v) is 34.1. The quantitative estimate of drug-likeness (QED) is 0.147. The Morgan fingerprint density at radius 3 is 1.13 bits per heavy atom. The van der Waals surface area contributed by atoms with E-state index in [2.05, 4.69) is 243 Å². The second kappa shape index (κ2) is 14.9. The smallest absolute Gasteiger partial charge is 0.00201 e. The zero-order valence-electron chi connectivity index (χ0n) is 34.1. The van der Waals surface area contributed by atoms with Gasteiger partial charge < -0.3 is 0 Å². The Hall–Kier alpha value is -8.06. The molecule has 0 N–H and O–H groups in total. The predicted molar refractivity (Wildman–Crippen MR) is 267 cm³/mol. The SMILES string of the molecule is c1ccc(-c2cc3ccccc3cc2-c2ccc3c(c2)c(-c2ccccc2)c(-c2ccccc2)c2cc(-c4ccc(-c5cc6ccccc6c6ccccc56)cc4)ccc23)cc1. The second-order valence-corrected chi connectivity index (χ2v) is 16.4. The van der Waals surface area contributed by atoms with E-state index < -0.39 is 0 Å². The van der Waals surface area contributed by atoms with Gasteiger partial charge in [0.2, 0.25) is 0 Å². The predicted octanol–water partition coefficient (Wildman–Crippen LogP) is 17.5. The van der Waals surface area contributed by atoms with Crippen LogP contribution in [0.2, 0.25) is 0 Å². The van der Waals surface area contributed by atoms with Crippen LogP contribution in [0.5, 0.6) is 0 Å². The van der Waals surface area contributed by atoms with Gasteiger partial charge in [-0.25, -0.2) is 0 Å². The average molecular weight is 785 g/mol. The van der Waals surface area contributed by atoms with Gasteiger partial charge in [0.15, 0.2) is 0 Å². The molecule has 12 aromatic carbocycles. The molecule has 0 aliphatic carbocycles. The van der Waals surface area contributed by atoms with Crippen LogP contribution in [0.4, 0.5) is 0 Å². The molecule has 12 aromatic rings. The fraction of sp³-hybridized carbons (Fsp3) is 0. The van der Waals surface area contributed by atoms with Crippen molar-refractivity contribution in [1.82, 2.24) is 0 Å². The van der Waals surface area contributed by atoms with Crippen LogP contribution in [0, 0.1) is 0 Å². The number of hydrogen-bond donors (Lipinski definition) is 0. The van der Waals surface area contributed by atoms with Crippen LogP contribution in [-0.4, -0.2) is 0 Å². The Morgan fingerprint density at radius 1 is 0.161 bits per heavy atom. The molecular weight excluding hydrogens is 745 g/mol. The summed E-state index contributed by atoms with van der Waals surface area (Å²) in [6, 6.07) is 89.4. The van der Waals surface area contributed by atoms with E-state index in [9.17, 15) is 0 Å². The molecule has 288 valence electrons. The third-order valence-corrected chi connectivity index (χ3v) is 12.8. The summed E-state index contributed by atoms with van der Waals surface area (Å²) in [6.07, 6.45) is 0. The van der Waals surface area contributed by atoms with Crippen molar-refractivity contribution in [1.29, 1.82) is 0 Å². The van der Waals surface area contributed by atoms with E-state index in [1.165, 1.54) is 121 Å². The lowest BCUT2D eigenvalue weighted by Crippen LogP contribution is -1.94. The highest BCUT2D eigenvalue weighted by Gasteiger charge is 2.20. The summed E-state index contributed by atoms with van der Waals surface area (Å²) in [6.45, 7) is 0. The molecule has 0 spiro atoms. The molecule has 0 heteroatoms. The van der Waals surface area contributed by atoms with Gasteiger partial charge in [-0.1, -0.05) is 212 Å². The molecule has 0 fully saturated rings. The van der Waals surface area contributed by atoms with Crippen molar-refractivity contribution in [3.63, 3.8) is 0 Å². The van der Waals surface area contributed by atoms with Crippen molar-refractivity contribution < 1.29 is 0 Å². The van der Waals surface area contributed by atoms with Gasteiger partial charge in [-0.3, -0.25) is 0 Å². The zero-order chi connectivity index (χ0) is 41.0. The summed E-state index contributed by atoms with van der Waals surface area (Å²) >= 11 is 0. The summed E-state index contributed by atoms with van der Waals surface area (Å²) in [5, 5.41) is 12.6. The Kier molecular flexibility index (Phi) is 8.61. The molecule has 0 amide bonds. The fourth-order valence-electron chi connectivity index (χ4n) is 9.87. The highest BCUT2D eigenvalue weighted by atomic mass is 14.2. The maximum absolute atomic E-state index is 2.45. The van der Waals surface area contributed by atoms with Gasteiger partial charge in [-0.15, -0.1) is 0 Å². The van der Waals surface area contributed by atoms with E-state index in [1.807, 2.05) is 0 Å². The van der Waals surface area contributed by atoms with Crippen LogP contribution in [-0.2, 0) is 0 Å². The molecule has 12 rings (SSSR count). The lowest BCUT2D eigenvalue weighted by molar-refractivity contribution is 1.60. The fourth-order valence-corrected chi connectivity index (χ4v) is 9.87. The minimum absolute atomic E-state index is 1.20. The van der Waals surface area contributed by atoms with Crippen LogP contribution in [0.15, 0.2) is 243 Å². The Labute approximate surface area is 361 Å². The number of rotatable bonds is 6. The third-order valence-electron chi connectivity index (χ3n) is 12.8. The van der Waals surface area contributed by atoms with Crippen LogP contribution in [0.1, 0.15) is 0 Å². The molecule has 0 nitrogen and oxygen atoms in total. The van der Waals surface area contributed by atoms with E-state index >= 15 is 0 Å². The Balaban J connectivity index is 1.08. The monoisotopic (exact) mass is 784 g/mol. The first-order valence-corrected chi connectivity index (χ1v) is 21.5. The lowest BCUT2D eigenvalue weighted by Gasteiger charge is -2.21. The Morgan fingerprint density at radius 2 is 0.532 bits per heavy atom. The molecule has 62 heavy (non-hydrogen) atoms. The summed E-state index contributed by atoms with van der Waals surface area (Å²) in [5.41, 5.74) is 14.7. The summed E-state index contributed by atoms with van der Waals surface area (Å²) in [7, 11) is 0. The molecule has 0 radical (unpaired) electrons. The van der Waals surface area contributed by atoms with Crippen molar-refractivity contribution in [2.45, 2.75) is 0 Å². The van der Waals surface area contributed by atoms with Gasteiger partial charge in [0, 0.05) is 0 Å². The highest BCUT2D eigenvalue weighted by molar-refractivity contribution is 6.23. The first-order chi connectivity index (χ1) is 30.7. The van der Waals surface area contributed by atoms with Crippen LogP contribution >= 0.6 is 0 Å². The number of benzene rings is 12. The second-order valence-electron chi connectivity index (χ2n) is 16.4. The molecule has 0 aliphatic heterocycles. The summed E-state index contributed by atoms with van der Waals surface area (Å²) in [4.78, 5) is 0. The number of fused-ring (bicyclic) bond motifs is 7. The van der Waals surface area contributed by atoms with Crippen LogP contribution < -0.4 is 0 Å². The van der Waals surface area contributed by atoms with Gasteiger partial charge >= 0.3 is 0 Å². The minimum Gasteiger partial charge on any atom is -0.0622 e. The van der Waals surface area contributed by atoms with Crippen molar-refractivity contribution in [3.05, 3.63) is 243 Å². The molecule has 0 saturated heterocycles. The lowest BCUT2D eigenvalue weighted by atomic mass is 9.82. The first kappa shape index (κ1) is 35.8. The topological polar surface area (TPSA) is 0 Å². The molecule has 0 atom stereocenters. The largest absolute Gasteiger partial charge is 0.0622 e. The highest BCUT2D eigenvalue weighted by Crippen LogP contribution is 2.47. The molecular formula is C62H40. The molecule has 0 heterocycles. The van der Waals surface area contributed by atoms with Crippen molar-refractivity contribution >= 4 is 53.9 Å². The van der Waals surface area contributed by atoms with Gasteiger partial charge in [0.1, 0.15) is 0 Å². The van der Waals surface area contributed by atoms with Crippen molar-refractivity contribution in [2.24, 2.45) is 0 Å². The van der Waals surface area contributed by atoms with Crippen LogP contribution in [0.25, 0.3) is 121 Å². The Bertz CT molecular complexity index is 3640.